The second-order valence-electron chi connectivity index (χ2n) is 4.13. The summed E-state index contributed by atoms with van der Waals surface area (Å²) in [5.41, 5.74) is 8.10. The van der Waals surface area contributed by atoms with E-state index in [1.165, 1.54) is 0 Å². The van der Waals surface area contributed by atoms with Crippen molar-refractivity contribution in [3.8, 4) is 0 Å². The molecule has 1 saturated heterocycles. The van der Waals surface area contributed by atoms with Crippen LogP contribution in [0.1, 0.15) is 12.8 Å². The number of rotatable bonds is 3. The third-order valence-electron chi connectivity index (χ3n) is 3.16. The predicted octanol–water partition coefficient (Wildman–Crippen LogP) is 0.314. The largest absolute Gasteiger partial charge is 0.381 e. The molecule has 1 fully saturated rings. The maximum atomic E-state index is 12.2. The Morgan fingerprint density at radius 1 is 1.38 bits per heavy atom. The minimum absolute atomic E-state index is 0.0190. The van der Waals surface area contributed by atoms with Crippen LogP contribution in [0.4, 0.5) is 0 Å². The fourth-order valence-corrected chi connectivity index (χ4v) is 1.93. The van der Waals surface area contributed by atoms with Crippen LogP contribution in [-0.4, -0.2) is 30.3 Å². The highest BCUT2D eigenvalue weighted by molar-refractivity contribution is 5.89. The number of ether oxygens (including phenoxy) is 1. The second-order valence-corrected chi connectivity index (χ2v) is 4.13. The van der Waals surface area contributed by atoms with Crippen LogP contribution in [0.5, 0.6) is 0 Å². The lowest BCUT2D eigenvalue weighted by Gasteiger charge is -2.34. The minimum Gasteiger partial charge on any atom is -0.381 e. The lowest BCUT2D eigenvalue weighted by Crippen LogP contribution is -2.48. The van der Waals surface area contributed by atoms with Gasteiger partial charge < -0.3 is 10.5 Å². The molecule has 88 valence electrons. The molecule has 0 spiro atoms. The summed E-state index contributed by atoms with van der Waals surface area (Å²) in [6.45, 7) is 1.58. The van der Waals surface area contributed by atoms with Gasteiger partial charge in [-0.05, 0) is 25.0 Å². The molecule has 1 amide bonds. The van der Waals surface area contributed by atoms with Gasteiger partial charge in [-0.1, -0.05) is 0 Å². The van der Waals surface area contributed by atoms with Crippen LogP contribution < -0.4 is 11.2 Å². The molecule has 0 bridgehead atoms. The maximum absolute atomic E-state index is 12.2. The molecule has 0 unspecified atom stereocenters. The summed E-state index contributed by atoms with van der Waals surface area (Å²) in [7, 11) is 0. The quantitative estimate of drug-likeness (QED) is 0.775. The Hall–Kier alpha value is -1.33. The maximum Gasteiger partial charge on any atom is 0.246 e. The SMILES string of the molecule is NCC1(C(=O)Nn2cccc2)CCOCC1. The van der Waals surface area contributed by atoms with Crippen molar-refractivity contribution in [1.82, 2.24) is 4.68 Å². The van der Waals surface area contributed by atoms with E-state index in [2.05, 4.69) is 5.43 Å². The molecule has 16 heavy (non-hydrogen) atoms. The zero-order chi connectivity index (χ0) is 11.4. The zero-order valence-electron chi connectivity index (χ0n) is 9.19. The Morgan fingerprint density at radius 2 is 2.00 bits per heavy atom. The highest BCUT2D eigenvalue weighted by atomic mass is 16.5. The van der Waals surface area contributed by atoms with E-state index in [1.54, 1.807) is 17.1 Å². The summed E-state index contributed by atoms with van der Waals surface area (Å²) < 4.78 is 6.92. The molecule has 1 aromatic heterocycles. The standard InChI is InChI=1S/C11H17N3O2/c12-9-11(3-7-16-8-4-11)10(15)13-14-5-1-2-6-14/h1-2,5-6H,3-4,7-9,12H2,(H,13,15). The van der Waals surface area contributed by atoms with Crippen LogP contribution >= 0.6 is 0 Å². The van der Waals surface area contributed by atoms with E-state index in [-0.39, 0.29) is 5.91 Å². The molecule has 0 aliphatic carbocycles. The number of nitrogens with one attached hydrogen (secondary N) is 1. The van der Waals surface area contributed by atoms with Crippen molar-refractivity contribution in [2.75, 3.05) is 25.2 Å². The van der Waals surface area contributed by atoms with Gasteiger partial charge in [0, 0.05) is 32.2 Å². The number of carbonyl (C=O) groups excluding carboxylic acids is 1. The van der Waals surface area contributed by atoms with Crippen molar-refractivity contribution in [3.05, 3.63) is 24.5 Å². The number of hydrogen-bond donors (Lipinski definition) is 2. The molecular formula is C11H17N3O2. The van der Waals surface area contributed by atoms with E-state index in [1.807, 2.05) is 12.1 Å². The molecule has 2 heterocycles. The van der Waals surface area contributed by atoms with Crippen molar-refractivity contribution < 1.29 is 9.53 Å². The van der Waals surface area contributed by atoms with Gasteiger partial charge in [-0.15, -0.1) is 0 Å². The first kappa shape index (κ1) is 11.2. The minimum atomic E-state index is -0.470. The van der Waals surface area contributed by atoms with Crippen LogP contribution in [-0.2, 0) is 9.53 Å². The van der Waals surface area contributed by atoms with E-state index < -0.39 is 5.41 Å². The van der Waals surface area contributed by atoms with Gasteiger partial charge in [0.05, 0.1) is 5.41 Å². The number of hydrogen-bond acceptors (Lipinski definition) is 3. The lowest BCUT2D eigenvalue weighted by molar-refractivity contribution is -0.131. The third kappa shape index (κ3) is 2.10. The van der Waals surface area contributed by atoms with Gasteiger partial charge in [-0.2, -0.15) is 0 Å². The van der Waals surface area contributed by atoms with Gasteiger partial charge >= 0.3 is 0 Å². The smallest absolute Gasteiger partial charge is 0.246 e. The topological polar surface area (TPSA) is 69.3 Å². The number of nitrogens with two attached hydrogens (primary N) is 1. The molecule has 5 heteroatoms. The molecule has 0 radical (unpaired) electrons. The first-order valence-corrected chi connectivity index (χ1v) is 5.49. The van der Waals surface area contributed by atoms with Crippen LogP contribution in [0.2, 0.25) is 0 Å². The van der Waals surface area contributed by atoms with Crippen molar-refractivity contribution in [1.29, 1.82) is 0 Å². The summed E-state index contributed by atoms with van der Waals surface area (Å²) in [4.78, 5) is 12.2. The van der Waals surface area contributed by atoms with E-state index in [0.29, 0.717) is 32.6 Å². The monoisotopic (exact) mass is 223 g/mol. The number of nitrogens with zero attached hydrogens (tertiary/aromatic N) is 1. The summed E-state index contributed by atoms with van der Waals surface area (Å²) >= 11 is 0. The van der Waals surface area contributed by atoms with E-state index >= 15 is 0 Å². The van der Waals surface area contributed by atoms with Crippen molar-refractivity contribution >= 4 is 5.91 Å². The Balaban J connectivity index is 2.06. The molecule has 0 saturated carbocycles. The third-order valence-corrected chi connectivity index (χ3v) is 3.16. The van der Waals surface area contributed by atoms with Crippen LogP contribution in [0.15, 0.2) is 24.5 Å². The number of carbonyl (C=O) groups is 1. The molecule has 2 rings (SSSR count). The summed E-state index contributed by atoms with van der Waals surface area (Å²) in [5.74, 6) is -0.0190. The second kappa shape index (κ2) is 4.67. The highest BCUT2D eigenvalue weighted by Gasteiger charge is 2.38. The van der Waals surface area contributed by atoms with Crippen molar-refractivity contribution in [2.24, 2.45) is 11.1 Å². The molecule has 3 N–H and O–H groups in total. The molecule has 1 aliphatic rings. The molecule has 5 nitrogen and oxygen atoms in total. The van der Waals surface area contributed by atoms with Gasteiger partial charge in [0.1, 0.15) is 0 Å². The number of aromatic nitrogens is 1. The average Bonchev–Trinajstić information content (AvgIpc) is 2.82. The average molecular weight is 223 g/mol. The van der Waals surface area contributed by atoms with E-state index in [0.717, 1.165) is 0 Å². The summed E-state index contributed by atoms with van der Waals surface area (Å²) in [6.07, 6.45) is 4.97. The molecule has 0 aromatic carbocycles. The molecule has 1 aromatic rings. The van der Waals surface area contributed by atoms with Crippen LogP contribution in [0, 0.1) is 5.41 Å². The van der Waals surface area contributed by atoms with Crippen molar-refractivity contribution in [2.45, 2.75) is 12.8 Å². The van der Waals surface area contributed by atoms with Crippen molar-refractivity contribution in [3.63, 3.8) is 0 Å². The summed E-state index contributed by atoms with van der Waals surface area (Å²) in [6, 6.07) is 3.72. The van der Waals surface area contributed by atoms with Crippen LogP contribution in [0.3, 0.4) is 0 Å². The zero-order valence-corrected chi connectivity index (χ0v) is 9.19. The van der Waals surface area contributed by atoms with E-state index in [4.69, 9.17) is 10.5 Å². The Kier molecular flexibility index (Phi) is 3.26. The van der Waals surface area contributed by atoms with Gasteiger partial charge in [-0.3, -0.25) is 14.9 Å². The first-order valence-electron chi connectivity index (χ1n) is 5.49. The molecular weight excluding hydrogens is 206 g/mol. The fraction of sp³-hybridized carbons (Fsp3) is 0.545. The van der Waals surface area contributed by atoms with Crippen LogP contribution in [0.25, 0.3) is 0 Å². The number of amides is 1. The highest BCUT2D eigenvalue weighted by Crippen LogP contribution is 2.29. The Bertz CT molecular complexity index is 342. The summed E-state index contributed by atoms with van der Waals surface area (Å²) in [5, 5.41) is 0. The predicted molar refractivity (Wildman–Crippen MR) is 60.3 cm³/mol. The Morgan fingerprint density at radius 3 is 2.56 bits per heavy atom. The Labute approximate surface area is 94.5 Å². The van der Waals surface area contributed by atoms with E-state index in [9.17, 15) is 4.79 Å². The molecule has 0 atom stereocenters. The van der Waals surface area contributed by atoms with Gasteiger partial charge in [0.15, 0.2) is 0 Å². The van der Waals surface area contributed by atoms with Gasteiger partial charge in [-0.25, -0.2) is 0 Å². The lowest BCUT2D eigenvalue weighted by atomic mass is 9.79. The van der Waals surface area contributed by atoms with Gasteiger partial charge in [0.25, 0.3) is 0 Å². The first-order chi connectivity index (χ1) is 7.77. The molecule has 1 aliphatic heterocycles. The fourth-order valence-electron chi connectivity index (χ4n) is 1.93. The van der Waals surface area contributed by atoms with Gasteiger partial charge in [0.2, 0.25) is 5.91 Å². The normalized spacial score (nSPS) is 19.3.